The normalized spacial score (nSPS) is 27.6. The maximum Gasteiger partial charge on any atom is 0.234 e. The van der Waals surface area contributed by atoms with Gasteiger partial charge in [-0.1, -0.05) is 12.1 Å². The zero-order chi connectivity index (χ0) is 13.2. The molecule has 0 radical (unpaired) electrons. The number of carbonyl (C=O) groups excluding carboxylic acids is 1. The molecule has 1 aliphatic rings. The Labute approximate surface area is 105 Å². The molecule has 0 aliphatic heterocycles. The molecule has 1 aromatic rings. The van der Waals surface area contributed by atoms with Crippen molar-refractivity contribution < 1.29 is 14.4 Å². The van der Waals surface area contributed by atoms with Crippen molar-refractivity contribution in [2.45, 2.75) is 26.3 Å². The summed E-state index contributed by atoms with van der Waals surface area (Å²) < 4.78 is 5.13. The number of amidine groups is 1. The zero-order valence-electron chi connectivity index (χ0n) is 10.2. The van der Waals surface area contributed by atoms with E-state index in [4.69, 9.17) is 15.4 Å². The molecule has 0 atom stereocenters. The van der Waals surface area contributed by atoms with Crippen LogP contribution in [0.2, 0.25) is 0 Å². The van der Waals surface area contributed by atoms with Gasteiger partial charge in [0.25, 0.3) is 0 Å². The summed E-state index contributed by atoms with van der Waals surface area (Å²) in [4.78, 5) is 12.2. The summed E-state index contributed by atoms with van der Waals surface area (Å²) in [5.74, 6) is 0.842. The van der Waals surface area contributed by atoms with Gasteiger partial charge in [0.2, 0.25) is 5.91 Å². The number of nitrogens with two attached hydrogens (primary N) is 1. The topological polar surface area (TPSA) is 101 Å². The van der Waals surface area contributed by atoms with Crippen molar-refractivity contribution in [3.8, 4) is 0 Å². The van der Waals surface area contributed by atoms with Crippen molar-refractivity contribution >= 4 is 11.7 Å². The summed E-state index contributed by atoms with van der Waals surface area (Å²) in [7, 11) is 0. The molecule has 4 N–H and O–H groups in total. The Morgan fingerprint density at radius 1 is 1.72 bits per heavy atom. The quantitative estimate of drug-likeness (QED) is 0.322. The van der Waals surface area contributed by atoms with Gasteiger partial charge in [-0.2, -0.15) is 0 Å². The minimum Gasteiger partial charge on any atom is -0.467 e. The van der Waals surface area contributed by atoms with Crippen LogP contribution in [-0.2, 0) is 11.3 Å². The summed E-state index contributed by atoms with van der Waals surface area (Å²) in [5.41, 5.74) is 4.78. The molecule has 1 heterocycles. The van der Waals surface area contributed by atoms with Crippen LogP contribution >= 0.6 is 0 Å². The summed E-state index contributed by atoms with van der Waals surface area (Å²) in [6, 6.07) is 3.53. The van der Waals surface area contributed by atoms with Gasteiger partial charge < -0.3 is 20.7 Å². The molecule has 1 saturated carbocycles. The third-order valence-corrected chi connectivity index (χ3v) is 3.43. The van der Waals surface area contributed by atoms with E-state index in [-0.39, 0.29) is 11.7 Å². The molecule has 0 aromatic carbocycles. The Balaban J connectivity index is 2.01. The fourth-order valence-corrected chi connectivity index (χ4v) is 2.49. The fourth-order valence-electron chi connectivity index (χ4n) is 2.49. The van der Waals surface area contributed by atoms with Crippen LogP contribution in [0.5, 0.6) is 0 Å². The molecular weight excluding hydrogens is 234 g/mol. The lowest BCUT2D eigenvalue weighted by Gasteiger charge is -2.43. The van der Waals surface area contributed by atoms with E-state index in [9.17, 15) is 4.79 Å². The number of nitrogens with one attached hydrogen (secondary N) is 1. The molecule has 18 heavy (non-hydrogen) atoms. The lowest BCUT2D eigenvalue weighted by Crippen LogP contribution is -2.56. The SMILES string of the molecule is CC1CC(C(=O)NCc2ccco2)(/C(N)=N/O)C1. The Bertz CT molecular complexity index is 447. The first kappa shape index (κ1) is 12.5. The highest BCUT2D eigenvalue weighted by Gasteiger charge is 2.52. The minimum absolute atomic E-state index is 0.0162. The molecule has 6 nitrogen and oxygen atoms in total. The summed E-state index contributed by atoms with van der Waals surface area (Å²) in [6.07, 6.45) is 2.76. The highest BCUT2D eigenvalue weighted by atomic mass is 16.4. The van der Waals surface area contributed by atoms with Crippen LogP contribution in [-0.4, -0.2) is 17.0 Å². The van der Waals surface area contributed by atoms with Crippen molar-refractivity contribution in [1.29, 1.82) is 0 Å². The van der Waals surface area contributed by atoms with E-state index in [1.54, 1.807) is 18.4 Å². The van der Waals surface area contributed by atoms with E-state index in [1.807, 2.05) is 6.92 Å². The summed E-state index contributed by atoms with van der Waals surface area (Å²) >= 11 is 0. The van der Waals surface area contributed by atoms with Gasteiger partial charge in [-0.05, 0) is 30.9 Å². The number of oxime groups is 1. The standard InChI is InChI=1S/C12H17N3O3/c1-8-5-12(6-8,10(13)15-17)11(16)14-7-9-3-2-4-18-9/h2-4,8,17H,5-7H2,1H3,(H2,13,15)(H,14,16). The minimum atomic E-state index is -0.860. The van der Waals surface area contributed by atoms with Gasteiger partial charge in [0, 0.05) is 0 Å². The van der Waals surface area contributed by atoms with E-state index in [2.05, 4.69) is 10.5 Å². The van der Waals surface area contributed by atoms with Gasteiger partial charge in [0.1, 0.15) is 11.2 Å². The number of rotatable bonds is 4. The smallest absolute Gasteiger partial charge is 0.234 e. The van der Waals surface area contributed by atoms with Crippen molar-refractivity contribution in [2.24, 2.45) is 22.2 Å². The molecule has 2 rings (SSSR count). The third-order valence-electron chi connectivity index (χ3n) is 3.43. The van der Waals surface area contributed by atoms with Crippen LogP contribution in [0, 0.1) is 11.3 Å². The van der Waals surface area contributed by atoms with E-state index in [0.717, 1.165) is 0 Å². The Morgan fingerprint density at radius 2 is 2.44 bits per heavy atom. The van der Waals surface area contributed by atoms with Crippen LogP contribution in [0.15, 0.2) is 28.0 Å². The van der Waals surface area contributed by atoms with E-state index >= 15 is 0 Å². The number of nitrogens with zero attached hydrogens (tertiary/aromatic N) is 1. The summed E-state index contributed by atoms with van der Waals surface area (Å²) in [5, 5.41) is 14.5. The van der Waals surface area contributed by atoms with E-state index in [0.29, 0.717) is 31.1 Å². The third kappa shape index (κ3) is 2.05. The van der Waals surface area contributed by atoms with Gasteiger partial charge in [0.15, 0.2) is 5.84 Å². The lowest BCUT2D eigenvalue weighted by atomic mass is 9.61. The zero-order valence-corrected chi connectivity index (χ0v) is 10.2. The van der Waals surface area contributed by atoms with Gasteiger partial charge in [0.05, 0.1) is 12.8 Å². The van der Waals surface area contributed by atoms with Gasteiger partial charge >= 0.3 is 0 Å². The number of amides is 1. The predicted molar refractivity (Wildman–Crippen MR) is 64.8 cm³/mol. The first-order valence-electron chi connectivity index (χ1n) is 5.87. The second-order valence-electron chi connectivity index (χ2n) is 4.84. The maximum atomic E-state index is 12.2. The predicted octanol–water partition coefficient (Wildman–Crippen LogP) is 1.06. The van der Waals surface area contributed by atoms with Crippen LogP contribution in [0.4, 0.5) is 0 Å². The molecule has 1 aromatic heterocycles. The molecule has 6 heteroatoms. The second kappa shape index (κ2) is 4.72. The second-order valence-corrected chi connectivity index (χ2v) is 4.84. The van der Waals surface area contributed by atoms with Crippen LogP contribution in [0.25, 0.3) is 0 Å². The monoisotopic (exact) mass is 251 g/mol. The largest absolute Gasteiger partial charge is 0.467 e. The molecular formula is C12H17N3O3. The fraction of sp³-hybridized carbons (Fsp3) is 0.500. The van der Waals surface area contributed by atoms with Gasteiger partial charge in [-0.3, -0.25) is 4.79 Å². The molecule has 1 aliphatic carbocycles. The highest BCUT2D eigenvalue weighted by Crippen LogP contribution is 2.45. The van der Waals surface area contributed by atoms with Crippen LogP contribution < -0.4 is 11.1 Å². The Hall–Kier alpha value is -1.98. The van der Waals surface area contributed by atoms with Crippen molar-refractivity contribution in [3.05, 3.63) is 24.2 Å². The summed E-state index contributed by atoms with van der Waals surface area (Å²) in [6.45, 7) is 2.34. The molecule has 0 unspecified atom stereocenters. The average Bonchev–Trinajstić information content (AvgIpc) is 2.83. The molecule has 1 fully saturated rings. The highest BCUT2D eigenvalue weighted by molar-refractivity contribution is 6.07. The molecule has 1 amide bonds. The van der Waals surface area contributed by atoms with Crippen LogP contribution in [0.1, 0.15) is 25.5 Å². The number of hydrogen-bond donors (Lipinski definition) is 3. The lowest BCUT2D eigenvalue weighted by molar-refractivity contribution is -0.133. The molecule has 0 bridgehead atoms. The van der Waals surface area contributed by atoms with Crippen molar-refractivity contribution in [3.63, 3.8) is 0 Å². The molecule has 0 saturated heterocycles. The Morgan fingerprint density at radius 3 is 2.94 bits per heavy atom. The average molecular weight is 251 g/mol. The van der Waals surface area contributed by atoms with Gasteiger partial charge in [-0.25, -0.2) is 0 Å². The van der Waals surface area contributed by atoms with Crippen molar-refractivity contribution in [2.75, 3.05) is 0 Å². The maximum absolute atomic E-state index is 12.2. The number of hydrogen-bond acceptors (Lipinski definition) is 4. The van der Waals surface area contributed by atoms with E-state index in [1.165, 1.54) is 0 Å². The first-order valence-corrected chi connectivity index (χ1v) is 5.87. The number of carbonyl (C=O) groups is 1. The Kier molecular flexibility index (Phi) is 3.27. The number of furan rings is 1. The van der Waals surface area contributed by atoms with Gasteiger partial charge in [-0.15, -0.1) is 0 Å². The van der Waals surface area contributed by atoms with Crippen LogP contribution in [0.3, 0.4) is 0 Å². The first-order chi connectivity index (χ1) is 8.58. The van der Waals surface area contributed by atoms with Crippen molar-refractivity contribution in [1.82, 2.24) is 5.32 Å². The molecule has 98 valence electrons. The van der Waals surface area contributed by atoms with E-state index < -0.39 is 5.41 Å². The molecule has 0 spiro atoms.